The van der Waals surface area contributed by atoms with E-state index >= 15 is 0 Å². The number of para-hydroxylation sites is 2. The Balaban J connectivity index is 1.37. The number of hydrogen-bond acceptors (Lipinski definition) is 3. The van der Waals surface area contributed by atoms with Gasteiger partial charge in [0, 0.05) is 28.1 Å². The molecule has 5 aromatic carbocycles. The van der Waals surface area contributed by atoms with E-state index in [2.05, 4.69) is 33.8 Å². The van der Waals surface area contributed by atoms with E-state index in [0.29, 0.717) is 22.5 Å². The molecule has 0 bridgehead atoms. The average molecular weight is 542 g/mol. The lowest BCUT2D eigenvalue weighted by Gasteiger charge is -2.18. The number of benzene rings is 5. The van der Waals surface area contributed by atoms with Crippen molar-refractivity contribution < 1.29 is 9.59 Å². The van der Waals surface area contributed by atoms with Crippen molar-refractivity contribution in [2.75, 3.05) is 4.90 Å². The molecule has 2 aromatic heterocycles. The van der Waals surface area contributed by atoms with E-state index in [1.165, 1.54) is 4.90 Å². The van der Waals surface area contributed by atoms with E-state index < -0.39 is 0 Å². The quantitative estimate of drug-likeness (QED) is 0.211. The molecule has 0 fully saturated rings. The van der Waals surface area contributed by atoms with E-state index in [1.54, 1.807) is 12.3 Å². The number of hydrogen-bond donors (Lipinski definition) is 0. The minimum absolute atomic E-state index is 0.324. The molecule has 0 spiro atoms. The Morgan fingerprint density at radius 2 is 1.17 bits per heavy atom. The van der Waals surface area contributed by atoms with E-state index in [9.17, 15) is 9.59 Å². The fraction of sp³-hybridized carbons (Fsp3) is 0. The van der Waals surface area contributed by atoms with Gasteiger partial charge < -0.3 is 4.57 Å². The molecule has 0 atom stereocenters. The molecule has 5 heteroatoms. The van der Waals surface area contributed by atoms with Crippen LogP contribution in [0.25, 0.3) is 49.9 Å². The van der Waals surface area contributed by atoms with Crippen molar-refractivity contribution >= 4 is 39.3 Å². The molecule has 42 heavy (non-hydrogen) atoms. The van der Waals surface area contributed by atoms with Gasteiger partial charge in [-0.15, -0.1) is 0 Å². The summed E-state index contributed by atoms with van der Waals surface area (Å²) in [6, 6.07) is 43.1. The summed E-state index contributed by atoms with van der Waals surface area (Å²) in [4.78, 5) is 34.3. The van der Waals surface area contributed by atoms with Gasteiger partial charge in [0.2, 0.25) is 0 Å². The highest BCUT2D eigenvalue weighted by Gasteiger charge is 2.40. The lowest BCUT2D eigenvalue weighted by Crippen LogP contribution is -2.30. The molecular weight excluding hydrogens is 518 g/mol. The molecule has 1 aliphatic heterocycles. The van der Waals surface area contributed by atoms with Crippen molar-refractivity contribution in [3.63, 3.8) is 0 Å². The molecule has 198 valence electrons. The van der Waals surface area contributed by atoms with E-state index in [-0.39, 0.29) is 11.8 Å². The van der Waals surface area contributed by atoms with Gasteiger partial charge in [0.1, 0.15) is 0 Å². The molecule has 7 aromatic rings. The molecule has 5 nitrogen and oxygen atoms in total. The van der Waals surface area contributed by atoms with E-state index in [4.69, 9.17) is 0 Å². The van der Waals surface area contributed by atoms with Gasteiger partial charge in [0.25, 0.3) is 11.8 Å². The number of imide groups is 1. The number of carbonyl (C=O) groups excluding carboxylic acids is 2. The van der Waals surface area contributed by atoms with Crippen molar-refractivity contribution in [3.8, 4) is 28.1 Å². The Morgan fingerprint density at radius 1 is 0.500 bits per heavy atom. The van der Waals surface area contributed by atoms with Crippen LogP contribution < -0.4 is 4.90 Å². The van der Waals surface area contributed by atoms with Crippen LogP contribution in [0.2, 0.25) is 0 Å². The molecular formula is C37H23N3O2. The molecule has 3 heterocycles. The van der Waals surface area contributed by atoms with Gasteiger partial charge in [-0.2, -0.15) is 0 Å². The Labute approximate surface area is 241 Å². The second-order valence-corrected chi connectivity index (χ2v) is 10.3. The first kappa shape index (κ1) is 24.0. The Morgan fingerprint density at radius 3 is 2.02 bits per heavy atom. The summed E-state index contributed by atoms with van der Waals surface area (Å²) in [6.45, 7) is 0. The summed E-state index contributed by atoms with van der Waals surface area (Å²) in [6.07, 6.45) is 1.80. The molecule has 8 rings (SSSR count). The third-order valence-electron chi connectivity index (χ3n) is 8.00. The fourth-order valence-electron chi connectivity index (χ4n) is 6.22. The van der Waals surface area contributed by atoms with Gasteiger partial charge in [-0.05, 0) is 48.0 Å². The van der Waals surface area contributed by atoms with Crippen LogP contribution in [0.3, 0.4) is 0 Å². The van der Waals surface area contributed by atoms with Gasteiger partial charge in [0.05, 0.1) is 39.2 Å². The summed E-state index contributed by atoms with van der Waals surface area (Å²) in [5, 5.41) is 2.10. The van der Waals surface area contributed by atoms with E-state index in [0.717, 1.165) is 44.2 Å². The second-order valence-electron chi connectivity index (χ2n) is 10.3. The SMILES string of the molecule is O=C1c2cccc(-n3c4ccccc4c4c(-c5ccccn5)cccc43)c2C(=O)N1c1ccccc1-c1ccccc1. The first-order valence-corrected chi connectivity index (χ1v) is 13.8. The Bertz CT molecular complexity index is 2180. The molecule has 2 amide bonds. The first-order valence-electron chi connectivity index (χ1n) is 13.8. The minimum Gasteiger partial charge on any atom is -0.308 e. The number of amides is 2. The molecule has 1 aliphatic rings. The largest absolute Gasteiger partial charge is 0.308 e. The van der Waals surface area contributed by atoms with Gasteiger partial charge in [-0.1, -0.05) is 91.0 Å². The Kier molecular flexibility index (Phi) is 5.37. The van der Waals surface area contributed by atoms with Crippen LogP contribution in [0.1, 0.15) is 20.7 Å². The molecule has 0 aliphatic carbocycles. The predicted octanol–water partition coefficient (Wildman–Crippen LogP) is 8.31. The number of carbonyl (C=O) groups is 2. The van der Waals surface area contributed by atoms with Crippen LogP contribution in [-0.2, 0) is 0 Å². The number of aromatic nitrogens is 2. The number of nitrogens with zero attached hydrogens (tertiary/aromatic N) is 3. The molecule has 0 radical (unpaired) electrons. The molecule has 0 N–H and O–H groups in total. The van der Waals surface area contributed by atoms with Gasteiger partial charge >= 0.3 is 0 Å². The lowest BCUT2D eigenvalue weighted by molar-refractivity contribution is 0.0926. The summed E-state index contributed by atoms with van der Waals surface area (Å²) in [5.74, 6) is -0.657. The second kappa shape index (κ2) is 9.39. The average Bonchev–Trinajstić information content (AvgIpc) is 3.53. The maximum Gasteiger partial charge on any atom is 0.268 e. The third kappa shape index (κ3) is 3.47. The van der Waals surface area contributed by atoms with Crippen molar-refractivity contribution in [2.24, 2.45) is 0 Å². The van der Waals surface area contributed by atoms with Crippen molar-refractivity contribution in [1.82, 2.24) is 9.55 Å². The lowest BCUT2D eigenvalue weighted by atomic mass is 10.0. The molecule has 0 saturated carbocycles. The first-order chi connectivity index (χ1) is 20.7. The maximum absolute atomic E-state index is 14.3. The molecule has 0 unspecified atom stereocenters. The van der Waals surface area contributed by atoms with Gasteiger partial charge in [0.15, 0.2) is 0 Å². The zero-order valence-electron chi connectivity index (χ0n) is 22.4. The smallest absolute Gasteiger partial charge is 0.268 e. The predicted molar refractivity (Wildman–Crippen MR) is 167 cm³/mol. The number of pyridine rings is 1. The normalized spacial score (nSPS) is 12.8. The van der Waals surface area contributed by atoms with Gasteiger partial charge in [-0.3, -0.25) is 14.6 Å². The van der Waals surface area contributed by atoms with Crippen LogP contribution in [0.15, 0.2) is 140 Å². The third-order valence-corrected chi connectivity index (χ3v) is 8.00. The zero-order chi connectivity index (χ0) is 28.2. The fourth-order valence-corrected chi connectivity index (χ4v) is 6.22. The standard InChI is InChI=1S/C37H23N3O2/c41-36-28-17-11-22-33(35(28)37(42)40(36)30-19-6-4-14-25(30)24-12-2-1-3-13-24)39-31-20-7-5-15-27(31)34-26(16-10-21-32(34)39)29-18-8-9-23-38-29/h1-23H. The minimum atomic E-state index is -0.333. The van der Waals surface area contributed by atoms with Gasteiger partial charge in [-0.25, -0.2) is 4.90 Å². The van der Waals surface area contributed by atoms with Crippen molar-refractivity contribution in [3.05, 3.63) is 151 Å². The maximum atomic E-state index is 14.3. The highest BCUT2D eigenvalue weighted by atomic mass is 16.2. The van der Waals surface area contributed by atoms with E-state index in [1.807, 2.05) is 103 Å². The summed E-state index contributed by atoms with van der Waals surface area (Å²) >= 11 is 0. The highest BCUT2D eigenvalue weighted by Crippen LogP contribution is 2.42. The number of anilines is 1. The highest BCUT2D eigenvalue weighted by molar-refractivity contribution is 6.36. The van der Waals surface area contributed by atoms with Crippen molar-refractivity contribution in [2.45, 2.75) is 0 Å². The molecule has 0 saturated heterocycles. The summed E-state index contributed by atoms with van der Waals surface area (Å²) in [7, 11) is 0. The van der Waals surface area contributed by atoms with Crippen LogP contribution in [-0.4, -0.2) is 21.4 Å². The Hall–Kier alpha value is -5.81. The number of rotatable bonds is 4. The van der Waals surface area contributed by atoms with Crippen LogP contribution >= 0.6 is 0 Å². The van der Waals surface area contributed by atoms with Crippen LogP contribution in [0, 0.1) is 0 Å². The summed E-state index contributed by atoms with van der Waals surface area (Å²) < 4.78 is 2.10. The zero-order valence-corrected chi connectivity index (χ0v) is 22.4. The van der Waals surface area contributed by atoms with Crippen LogP contribution in [0.5, 0.6) is 0 Å². The number of fused-ring (bicyclic) bond motifs is 4. The van der Waals surface area contributed by atoms with Crippen molar-refractivity contribution in [1.29, 1.82) is 0 Å². The van der Waals surface area contributed by atoms with Crippen LogP contribution in [0.4, 0.5) is 5.69 Å². The topological polar surface area (TPSA) is 55.2 Å². The summed E-state index contributed by atoms with van der Waals surface area (Å²) in [5.41, 5.74) is 7.58. The monoisotopic (exact) mass is 541 g/mol.